The highest BCUT2D eigenvalue weighted by Crippen LogP contribution is 2.24. The van der Waals surface area contributed by atoms with E-state index in [2.05, 4.69) is 25.3 Å². The normalized spacial score (nSPS) is 14.3. The first-order valence-electron chi connectivity index (χ1n) is 9.65. The molecule has 5 rings (SSSR count). The summed E-state index contributed by atoms with van der Waals surface area (Å²) >= 11 is 1.62. The maximum Gasteiger partial charge on any atom is 0.272 e. The molecule has 0 bridgehead atoms. The molecule has 30 heavy (non-hydrogen) atoms. The van der Waals surface area contributed by atoms with Crippen molar-refractivity contribution in [2.45, 2.75) is 0 Å². The van der Waals surface area contributed by atoms with Gasteiger partial charge in [-0.05, 0) is 35.7 Å². The molecule has 0 saturated carbocycles. The molecular weight excluding hydrogens is 400 g/mol. The zero-order valence-corrected chi connectivity index (χ0v) is 17.2. The van der Waals surface area contributed by atoms with Crippen molar-refractivity contribution < 1.29 is 4.79 Å². The third-order valence-corrected chi connectivity index (χ3v) is 6.03. The standard InChI is InChI=1S/C20H20N8OS/c1-25-16(14-15(24-25)17-4-2-13-30-17)20(29)27-11-9-26(10-12-27)18-5-6-19(23-22-18)28-8-3-7-21-28/h2-8,13-14H,9-12H2,1H3. The zero-order chi connectivity index (χ0) is 20.5. The van der Waals surface area contributed by atoms with Gasteiger partial charge < -0.3 is 9.80 Å². The first-order valence-corrected chi connectivity index (χ1v) is 10.5. The molecule has 1 aliphatic rings. The summed E-state index contributed by atoms with van der Waals surface area (Å²) in [5, 5.41) is 19.3. The van der Waals surface area contributed by atoms with Gasteiger partial charge in [-0.3, -0.25) is 9.48 Å². The van der Waals surface area contributed by atoms with Crippen LogP contribution in [-0.4, -0.2) is 66.7 Å². The molecule has 4 aromatic rings. The molecule has 9 nitrogen and oxygen atoms in total. The highest BCUT2D eigenvalue weighted by molar-refractivity contribution is 7.13. The quantitative estimate of drug-likeness (QED) is 0.503. The van der Waals surface area contributed by atoms with Gasteiger partial charge in [0.25, 0.3) is 5.91 Å². The number of rotatable bonds is 4. The minimum absolute atomic E-state index is 0.00701. The predicted molar refractivity (Wildman–Crippen MR) is 114 cm³/mol. The Morgan fingerprint density at radius 1 is 1.03 bits per heavy atom. The minimum atomic E-state index is 0.00701. The maximum atomic E-state index is 13.0. The van der Waals surface area contributed by atoms with Crippen LogP contribution in [0.25, 0.3) is 16.4 Å². The molecule has 0 aromatic carbocycles. The summed E-state index contributed by atoms with van der Waals surface area (Å²) in [5.74, 6) is 1.49. The molecule has 152 valence electrons. The number of aryl methyl sites for hydroxylation is 1. The van der Waals surface area contributed by atoms with Crippen LogP contribution in [0.3, 0.4) is 0 Å². The van der Waals surface area contributed by atoms with Crippen molar-refractivity contribution in [1.29, 1.82) is 0 Å². The average Bonchev–Trinajstić information content (AvgIpc) is 3.55. The van der Waals surface area contributed by atoms with E-state index in [4.69, 9.17) is 0 Å². The van der Waals surface area contributed by atoms with E-state index in [0.29, 0.717) is 37.7 Å². The lowest BCUT2D eigenvalue weighted by Crippen LogP contribution is -2.49. The predicted octanol–water partition coefficient (Wildman–Crippen LogP) is 2.09. The van der Waals surface area contributed by atoms with Crippen molar-refractivity contribution >= 4 is 23.1 Å². The second-order valence-corrected chi connectivity index (χ2v) is 7.94. The van der Waals surface area contributed by atoms with Gasteiger partial charge in [0, 0.05) is 45.6 Å². The van der Waals surface area contributed by atoms with Crippen LogP contribution in [0.5, 0.6) is 0 Å². The number of carbonyl (C=O) groups is 1. The van der Waals surface area contributed by atoms with Gasteiger partial charge in [0.15, 0.2) is 11.6 Å². The first kappa shape index (κ1) is 18.5. The monoisotopic (exact) mass is 420 g/mol. The van der Waals surface area contributed by atoms with Gasteiger partial charge in [0.2, 0.25) is 0 Å². The van der Waals surface area contributed by atoms with Crippen molar-refractivity contribution in [1.82, 2.24) is 34.7 Å². The van der Waals surface area contributed by atoms with E-state index in [0.717, 1.165) is 16.4 Å². The number of thiophene rings is 1. The van der Waals surface area contributed by atoms with Crippen LogP contribution in [0.2, 0.25) is 0 Å². The molecule has 4 aromatic heterocycles. The molecule has 5 heterocycles. The summed E-state index contributed by atoms with van der Waals surface area (Å²) in [6.45, 7) is 2.66. The number of hydrogen-bond donors (Lipinski definition) is 0. The Labute approximate surface area is 177 Å². The van der Waals surface area contributed by atoms with Crippen LogP contribution in [0.15, 0.2) is 54.2 Å². The summed E-state index contributed by atoms with van der Waals surface area (Å²) in [7, 11) is 1.82. The molecule has 1 fully saturated rings. The Morgan fingerprint density at radius 2 is 1.83 bits per heavy atom. The lowest BCUT2D eigenvalue weighted by molar-refractivity contribution is 0.0735. The zero-order valence-electron chi connectivity index (χ0n) is 16.4. The molecule has 0 radical (unpaired) electrons. The second kappa shape index (κ2) is 7.71. The number of carbonyl (C=O) groups excluding carboxylic acids is 1. The van der Waals surface area contributed by atoms with Gasteiger partial charge in [-0.1, -0.05) is 6.07 Å². The van der Waals surface area contributed by atoms with Crippen molar-refractivity contribution in [3.05, 3.63) is 59.9 Å². The summed E-state index contributed by atoms with van der Waals surface area (Å²) in [6, 6.07) is 11.6. The SMILES string of the molecule is Cn1nc(-c2cccs2)cc1C(=O)N1CCN(c2ccc(-n3cccn3)nn2)CC1. The van der Waals surface area contributed by atoms with Crippen LogP contribution in [0.4, 0.5) is 5.82 Å². The Kier molecular flexibility index (Phi) is 4.75. The minimum Gasteiger partial charge on any atom is -0.352 e. The third kappa shape index (κ3) is 3.45. The maximum absolute atomic E-state index is 13.0. The highest BCUT2D eigenvalue weighted by Gasteiger charge is 2.25. The fourth-order valence-electron chi connectivity index (χ4n) is 3.53. The molecule has 1 saturated heterocycles. The average molecular weight is 421 g/mol. The smallest absolute Gasteiger partial charge is 0.272 e. The summed E-state index contributed by atoms with van der Waals surface area (Å²) in [4.78, 5) is 18.1. The van der Waals surface area contributed by atoms with Gasteiger partial charge >= 0.3 is 0 Å². The number of piperazine rings is 1. The fraction of sp³-hybridized carbons (Fsp3) is 0.250. The van der Waals surface area contributed by atoms with Gasteiger partial charge in [0.1, 0.15) is 11.4 Å². The second-order valence-electron chi connectivity index (χ2n) is 7.00. The molecule has 0 N–H and O–H groups in total. The number of aromatic nitrogens is 6. The van der Waals surface area contributed by atoms with E-state index in [-0.39, 0.29) is 5.91 Å². The topological polar surface area (TPSA) is 85.0 Å². The molecule has 1 amide bonds. The van der Waals surface area contributed by atoms with E-state index in [1.54, 1.807) is 26.9 Å². The van der Waals surface area contributed by atoms with E-state index in [1.807, 2.05) is 59.9 Å². The largest absolute Gasteiger partial charge is 0.352 e. The van der Waals surface area contributed by atoms with Gasteiger partial charge in [-0.2, -0.15) is 10.2 Å². The van der Waals surface area contributed by atoms with Crippen molar-refractivity contribution in [2.75, 3.05) is 31.1 Å². The molecule has 0 unspecified atom stereocenters. The van der Waals surface area contributed by atoms with E-state index >= 15 is 0 Å². The molecule has 10 heteroatoms. The molecule has 0 aliphatic carbocycles. The van der Waals surface area contributed by atoms with Crippen molar-refractivity contribution in [3.63, 3.8) is 0 Å². The van der Waals surface area contributed by atoms with Gasteiger partial charge in [0.05, 0.1) is 4.88 Å². The van der Waals surface area contributed by atoms with E-state index in [1.165, 1.54) is 0 Å². The Hall–Kier alpha value is -3.53. The number of nitrogens with zero attached hydrogens (tertiary/aromatic N) is 8. The first-order chi connectivity index (χ1) is 14.7. The fourth-order valence-corrected chi connectivity index (χ4v) is 4.21. The summed E-state index contributed by atoms with van der Waals surface area (Å²) < 4.78 is 3.34. The van der Waals surface area contributed by atoms with Crippen molar-refractivity contribution in [3.8, 4) is 16.4 Å². The Balaban J connectivity index is 1.24. The van der Waals surface area contributed by atoms with Gasteiger partial charge in [-0.25, -0.2) is 4.68 Å². The Morgan fingerprint density at radius 3 is 2.50 bits per heavy atom. The molecule has 1 aliphatic heterocycles. The van der Waals surface area contributed by atoms with E-state index < -0.39 is 0 Å². The molecular formula is C20H20N8OS. The highest BCUT2D eigenvalue weighted by atomic mass is 32.1. The van der Waals surface area contributed by atoms with Crippen LogP contribution in [0.1, 0.15) is 10.5 Å². The van der Waals surface area contributed by atoms with E-state index in [9.17, 15) is 4.79 Å². The third-order valence-electron chi connectivity index (χ3n) is 5.14. The van der Waals surface area contributed by atoms with Crippen LogP contribution in [-0.2, 0) is 7.05 Å². The lowest BCUT2D eigenvalue weighted by atomic mass is 10.2. The summed E-state index contributed by atoms with van der Waals surface area (Å²) in [6.07, 6.45) is 3.54. The number of amides is 1. The van der Waals surface area contributed by atoms with Crippen molar-refractivity contribution in [2.24, 2.45) is 7.05 Å². The number of hydrogen-bond acceptors (Lipinski definition) is 7. The van der Waals surface area contributed by atoms with Gasteiger partial charge in [-0.15, -0.1) is 21.5 Å². The summed E-state index contributed by atoms with van der Waals surface area (Å²) in [5.41, 5.74) is 1.44. The van der Waals surface area contributed by atoms with Crippen LogP contribution in [0, 0.1) is 0 Å². The lowest BCUT2D eigenvalue weighted by Gasteiger charge is -2.35. The van der Waals surface area contributed by atoms with Crippen LogP contribution >= 0.6 is 11.3 Å². The number of anilines is 1. The molecule has 0 atom stereocenters. The molecule has 0 spiro atoms. The Bertz CT molecular complexity index is 1130. The van der Waals surface area contributed by atoms with Crippen LogP contribution < -0.4 is 4.90 Å².